The van der Waals surface area contributed by atoms with Crippen molar-refractivity contribution >= 4 is 39.3 Å². The monoisotopic (exact) mass is 344 g/mol. The highest BCUT2D eigenvalue weighted by molar-refractivity contribution is 9.10. The maximum Gasteiger partial charge on any atom is 0.233 e. The summed E-state index contributed by atoms with van der Waals surface area (Å²) in [5.74, 6) is 0.0605. The number of thioether (sulfide) groups is 1. The first-order valence-electron chi connectivity index (χ1n) is 6.46. The van der Waals surface area contributed by atoms with Gasteiger partial charge in [0.1, 0.15) is 0 Å². The first kappa shape index (κ1) is 16.4. The zero-order valence-corrected chi connectivity index (χ0v) is 14.0. The summed E-state index contributed by atoms with van der Waals surface area (Å²) in [7, 11) is 0. The Morgan fingerprint density at radius 1 is 1.47 bits per heavy atom. The number of nitrogens with one attached hydrogen (secondary N) is 1. The van der Waals surface area contributed by atoms with Crippen LogP contribution in [0, 0.1) is 0 Å². The van der Waals surface area contributed by atoms with Crippen LogP contribution in [0.15, 0.2) is 27.6 Å². The zero-order valence-electron chi connectivity index (χ0n) is 11.6. The minimum Gasteiger partial charge on any atom is -0.398 e. The van der Waals surface area contributed by atoms with Crippen LogP contribution in [0.4, 0.5) is 5.69 Å². The van der Waals surface area contributed by atoms with Crippen LogP contribution in [-0.4, -0.2) is 17.2 Å². The van der Waals surface area contributed by atoms with Gasteiger partial charge in [-0.05, 0) is 38.5 Å². The second-order valence-electron chi connectivity index (χ2n) is 4.64. The van der Waals surface area contributed by atoms with E-state index >= 15 is 0 Å². The van der Waals surface area contributed by atoms with Gasteiger partial charge >= 0.3 is 0 Å². The Morgan fingerprint density at radius 3 is 2.79 bits per heavy atom. The molecule has 0 aliphatic carbocycles. The van der Waals surface area contributed by atoms with Crippen molar-refractivity contribution in [3.8, 4) is 0 Å². The molecule has 0 radical (unpaired) electrons. The van der Waals surface area contributed by atoms with Gasteiger partial charge in [-0.2, -0.15) is 0 Å². The Labute approximate surface area is 127 Å². The smallest absolute Gasteiger partial charge is 0.233 e. The molecule has 0 spiro atoms. The molecule has 0 heterocycles. The Balaban J connectivity index is 2.61. The van der Waals surface area contributed by atoms with Crippen LogP contribution in [0.3, 0.4) is 0 Å². The van der Waals surface area contributed by atoms with Crippen molar-refractivity contribution in [3.63, 3.8) is 0 Å². The molecule has 5 heteroatoms. The number of carbonyl (C=O) groups excluding carboxylic acids is 1. The van der Waals surface area contributed by atoms with Crippen molar-refractivity contribution in [3.05, 3.63) is 22.7 Å². The SMILES string of the molecule is CCCC(C)NC(=O)C(C)Sc1cc(Br)ccc1N. The molecule has 3 N–H and O–H groups in total. The van der Waals surface area contributed by atoms with Crippen LogP contribution < -0.4 is 11.1 Å². The average molecular weight is 345 g/mol. The van der Waals surface area contributed by atoms with E-state index in [1.165, 1.54) is 11.8 Å². The lowest BCUT2D eigenvalue weighted by Crippen LogP contribution is -2.37. The van der Waals surface area contributed by atoms with Gasteiger partial charge in [0.25, 0.3) is 0 Å². The second-order valence-corrected chi connectivity index (χ2v) is 6.94. The van der Waals surface area contributed by atoms with E-state index in [1.807, 2.05) is 32.0 Å². The van der Waals surface area contributed by atoms with E-state index in [-0.39, 0.29) is 17.2 Å². The van der Waals surface area contributed by atoms with E-state index in [0.717, 1.165) is 22.2 Å². The lowest BCUT2D eigenvalue weighted by Gasteiger charge is -2.17. The zero-order chi connectivity index (χ0) is 14.4. The van der Waals surface area contributed by atoms with Crippen molar-refractivity contribution in [1.82, 2.24) is 5.32 Å². The standard InChI is InChI=1S/C14H21BrN2OS/c1-4-5-9(2)17-14(18)10(3)19-13-8-11(15)6-7-12(13)16/h6-10H,4-5,16H2,1-3H3,(H,17,18). The molecular weight excluding hydrogens is 324 g/mol. The van der Waals surface area contributed by atoms with Crippen molar-refractivity contribution in [1.29, 1.82) is 0 Å². The molecule has 0 saturated heterocycles. The van der Waals surface area contributed by atoms with Crippen LogP contribution in [0.25, 0.3) is 0 Å². The van der Waals surface area contributed by atoms with Crippen LogP contribution >= 0.6 is 27.7 Å². The summed E-state index contributed by atoms with van der Waals surface area (Å²) >= 11 is 4.90. The van der Waals surface area contributed by atoms with Gasteiger partial charge in [0.15, 0.2) is 0 Å². The fourth-order valence-electron chi connectivity index (χ4n) is 1.72. The van der Waals surface area contributed by atoms with Gasteiger partial charge in [0, 0.05) is 21.1 Å². The van der Waals surface area contributed by atoms with Crippen molar-refractivity contribution in [2.24, 2.45) is 0 Å². The molecule has 1 aromatic rings. The Bertz CT molecular complexity index is 439. The van der Waals surface area contributed by atoms with Crippen LogP contribution in [0.5, 0.6) is 0 Å². The van der Waals surface area contributed by atoms with Crippen molar-refractivity contribution in [2.45, 2.75) is 49.8 Å². The lowest BCUT2D eigenvalue weighted by atomic mass is 10.2. The maximum absolute atomic E-state index is 12.0. The minimum atomic E-state index is -0.157. The van der Waals surface area contributed by atoms with E-state index in [2.05, 4.69) is 28.2 Å². The van der Waals surface area contributed by atoms with Crippen LogP contribution in [0.2, 0.25) is 0 Å². The van der Waals surface area contributed by atoms with Crippen molar-refractivity contribution in [2.75, 3.05) is 5.73 Å². The molecule has 0 aliphatic heterocycles. The third-order valence-corrected chi connectivity index (χ3v) is 4.43. The number of hydrogen-bond donors (Lipinski definition) is 2. The molecule has 2 atom stereocenters. The van der Waals surface area contributed by atoms with Crippen LogP contribution in [0.1, 0.15) is 33.6 Å². The van der Waals surface area contributed by atoms with Gasteiger partial charge in [-0.1, -0.05) is 29.3 Å². The number of amides is 1. The quantitative estimate of drug-likeness (QED) is 0.609. The van der Waals surface area contributed by atoms with Gasteiger partial charge in [0.05, 0.1) is 5.25 Å². The summed E-state index contributed by atoms with van der Waals surface area (Å²) in [5, 5.41) is 2.87. The molecule has 2 unspecified atom stereocenters. The molecule has 1 amide bonds. The highest BCUT2D eigenvalue weighted by Crippen LogP contribution is 2.31. The summed E-state index contributed by atoms with van der Waals surface area (Å²) in [6.07, 6.45) is 2.07. The number of nitrogens with two attached hydrogens (primary N) is 1. The van der Waals surface area contributed by atoms with Gasteiger partial charge < -0.3 is 11.1 Å². The Morgan fingerprint density at radius 2 is 2.16 bits per heavy atom. The summed E-state index contributed by atoms with van der Waals surface area (Å²) in [4.78, 5) is 13.0. The Kier molecular flexibility index (Phi) is 6.72. The number of anilines is 1. The third kappa shape index (κ3) is 5.45. The minimum absolute atomic E-state index is 0.0605. The van der Waals surface area contributed by atoms with E-state index in [1.54, 1.807) is 0 Å². The number of nitrogen functional groups attached to an aromatic ring is 1. The predicted octanol–water partition coefficient (Wildman–Crippen LogP) is 3.82. The molecule has 0 fully saturated rings. The van der Waals surface area contributed by atoms with Gasteiger partial charge in [-0.25, -0.2) is 0 Å². The number of benzene rings is 1. The highest BCUT2D eigenvalue weighted by Gasteiger charge is 2.17. The topological polar surface area (TPSA) is 55.1 Å². The number of hydrogen-bond acceptors (Lipinski definition) is 3. The molecule has 106 valence electrons. The number of rotatable bonds is 6. The molecule has 0 bridgehead atoms. The second kappa shape index (κ2) is 7.80. The van der Waals surface area contributed by atoms with E-state index in [9.17, 15) is 4.79 Å². The number of halogens is 1. The van der Waals surface area contributed by atoms with Crippen molar-refractivity contribution < 1.29 is 4.79 Å². The summed E-state index contributed by atoms with van der Waals surface area (Å²) in [5.41, 5.74) is 6.62. The number of carbonyl (C=O) groups is 1. The van der Waals surface area contributed by atoms with Crippen LogP contribution in [-0.2, 0) is 4.79 Å². The molecule has 0 aliphatic rings. The maximum atomic E-state index is 12.0. The molecule has 1 aromatic carbocycles. The van der Waals surface area contributed by atoms with E-state index in [4.69, 9.17) is 5.73 Å². The lowest BCUT2D eigenvalue weighted by molar-refractivity contribution is -0.120. The summed E-state index contributed by atoms with van der Waals surface area (Å²) < 4.78 is 0.969. The molecule has 3 nitrogen and oxygen atoms in total. The first-order chi connectivity index (χ1) is 8.93. The molecule has 1 rings (SSSR count). The average Bonchev–Trinajstić information content (AvgIpc) is 2.34. The van der Waals surface area contributed by atoms with Gasteiger partial charge in [-0.3, -0.25) is 4.79 Å². The normalized spacial score (nSPS) is 13.9. The highest BCUT2D eigenvalue weighted by atomic mass is 79.9. The molecule has 0 saturated carbocycles. The predicted molar refractivity (Wildman–Crippen MR) is 86.4 cm³/mol. The largest absolute Gasteiger partial charge is 0.398 e. The third-order valence-electron chi connectivity index (χ3n) is 2.76. The fraction of sp³-hybridized carbons (Fsp3) is 0.500. The van der Waals surface area contributed by atoms with Gasteiger partial charge in [0.2, 0.25) is 5.91 Å². The Hall–Kier alpha value is -0.680. The van der Waals surface area contributed by atoms with Gasteiger partial charge in [-0.15, -0.1) is 11.8 Å². The molecular formula is C14H21BrN2OS. The molecule has 0 aromatic heterocycles. The van der Waals surface area contributed by atoms with E-state index < -0.39 is 0 Å². The summed E-state index contributed by atoms with van der Waals surface area (Å²) in [6, 6.07) is 5.91. The van der Waals surface area contributed by atoms with E-state index in [0.29, 0.717) is 5.69 Å². The fourth-order valence-corrected chi connectivity index (χ4v) is 3.19. The first-order valence-corrected chi connectivity index (χ1v) is 8.13. The summed E-state index contributed by atoms with van der Waals surface area (Å²) in [6.45, 7) is 6.05. The molecule has 19 heavy (non-hydrogen) atoms.